The average Bonchev–Trinajstić information content (AvgIpc) is 3.46. The molecule has 2 aliphatic rings. The number of ether oxygens (including phenoxy) is 1. The van der Waals surface area contributed by atoms with Gasteiger partial charge in [0.2, 0.25) is 5.91 Å². The van der Waals surface area contributed by atoms with Crippen LogP contribution in [0.15, 0.2) is 72.8 Å². The quantitative estimate of drug-likeness (QED) is 0.210. The smallest absolute Gasteiger partial charge is 0.328 e. The molecule has 0 spiro atoms. The SMILES string of the molecule is COC(=O)C1CCC(=O)N1Cc1ccc(N/C(=C2\C(=O)Nc3ccc([N+](=O)[O-])cc32)c2ccccc2)cc1. The predicted molar refractivity (Wildman–Crippen MR) is 141 cm³/mol. The summed E-state index contributed by atoms with van der Waals surface area (Å²) in [6, 6.07) is 20.2. The Morgan fingerprint density at radius 1 is 1.11 bits per heavy atom. The predicted octanol–water partition coefficient (Wildman–Crippen LogP) is 4.19. The Morgan fingerprint density at radius 3 is 2.53 bits per heavy atom. The zero-order chi connectivity index (χ0) is 26.8. The summed E-state index contributed by atoms with van der Waals surface area (Å²) in [6.07, 6.45) is 0.732. The molecule has 38 heavy (non-hydrogen) atoms. The van der Waals surface area contributed by atoms with Gasteiger partial charge < -0.3 is 20.3 Å². The van der Waals surface area contributed by atoms with Crippen LogP contribution in [-0.4, -0.2) is 40.8 Å². The number of amides is 2. The summed E-state index contributed by atoms with van der Waals surface area (Å²) in [6.45, 7) is 0.269. The van der Waals surface area contributed by atoms with Gasteiger partial charge in [-0.1, -0.05) is 42.5 Å². The maximum atomic E-state index is 13.1. The van der Waals surface area contributed by atoms with Gasteiger partial charge in [0.25, 0.3) is 11.6 Å². The second-order valence-corrected chi connectivity index (χ2v) is 8.98. The molecule has 3 aromatic carbocycles. The highest BCUT2D eigenvalue weighted by Crippen LogP contribution is 2.39. The summed E-state index contributed by atoms with van der Waals surface area (Å²) in [4.78, 5) is 49.9. The largest absolute Gasteiger partial charge is 0.467 e. The molecule has 0 aromatic heterocycles. The molecule has 10 heteroatoms. The molecule has 2 amide bonds. The number of hydrogen-bond acceptors (Lipinski definition) is 7. The minimum absolute atomic E-state index is 0.0984. The van der Waals surface area contributed by atoms with Crippen LogP contribution in [0, 0.1) is 10.1 Å². The van der Waals surface area contributed by atoms with Crippen LogP contribution in [0.4, 0.5) is 17.1 Å². The van der Waals surface area contributed by atoms with Gasteiger partial charge in [0, 0.05) is 42.0 Å². The van der Waals surface area contributed by atoms with E-state index < -0.39 is 16.9 Å². The molecular weight excluding hydrogens is 488 g/mol. The maximum absolute atomic E-state index is 13.1. The number of fused-ring (bicyclic) bond motifs is 1. The molecule has 0 saturated carbocycles. The van der Waals surface area contributed by atoms with Gasteiger partial charge in [-0.25, -0.2) is 4.79 Å². The fourth-order valence-corrected chi connectivity index (χ4v) is 4.75. The molecule has 5 rings (SSSR count). The number of nitrogens with zero attached hydrogens (tertiary/aromatic N) is 2. The van der Waals surface area contributed by atoms with E-state index in [1.807, 2.05) is 54.6 Å². The summed E-state index contributed by atoms with van der Waals surface area (Å²) in [5.41, 5.74) is 3.83. The number of rotatable bonds is 7. The molecule has 10 nitrogen and oxygen atoms in total. The van der Waals surface area contributed by atoms with E-state index >= 15 is 0 Å². The second-order valence-electron chi connectivity index (χ2n) is 8.98. The van der Waals surface area contributed by atoms with Gasteiger partial charge >= 0.3 is 5.97 Å². The van der Waals surface area contributed by atoms with Gasteiger partial charge in [0.05, 0.1) is 23.3 Å². The molecule has 192 valence electrons. The molecule has 1 fully saturated rings. The van der Waals surface area contributed by atoms with Crippen molar-refractivity contribution in [2.45, 2.75) is 25.4 Å². The number of nitrogens with one attached hydrogen (secondary N) is 2. The van der Waals surface area contributed by atoms with E-state index in [1.54, 1.807) is 0 Å². The van der Waals surface area contributed by atoms with E-state index in [4.69, 9.17) is 4.74 Å². The molecule has 3 aromatic rings. The minimum Gasteiger partial charge on any atom is -0.467 e. The van der Waals surface area contributed by atoms with Crippen LogP contribution in [0.2, 0.25) is 0 Å². The van der Waals surface area contributed by atoms with Gasteiger partial charge in [-0.05, 0) is 35.7 Å². The molecule has 2 heterocycles. The number of methoxy groups -OCH3 is 1. The van der Waals surface area contributed by atoms with E-state index in [0.717, 1.165) is 11.1 Å². The van der Waals surface area contributed by atoms with Gasteiger partial charge in [0.15, 0.2) is 0 Å². The summed E-state index contributed by atoms with van der Waals surface area (Å²) in [5, 5.41) is 17.5. The van der Waals surface area contributed by atoms with Gasteiger partial charge in [-0.2, -0.15) is 0 Å². The molecule has 1 unspecified atom stereocenters. The first-order chi connectivity index (χ1) is 18.4. The Kier molecular flexibility index (Phi) is 6.61. The van der Waals surface area contributed by atoms with Crippen molar-refractivity contribution < 1.29 is 24.0 Å². The maximum Gasteiger partial charge on any atom is 0.328 e. The van der Waals surface area contributed by atoms with E-state index in [2.05, 4.69) is 10.6 Å². The summed E-state index contributed by atoms with van der Waals surface area (Å²) in [7, 11) is 1.31. The normalized spacial score (nSPS) is 17.6. The number of likely N-dealkylation sites (tertiary alicyclic amines) is 1. The molecule has 2 aliphatic heterocycles. The van der Waals surface area contributed by atoms with Crippen LogP contribution in [0.25, 0.3) is 11.3 Å². The van der Waals surface area contributed by atoms with Crippen molar-refractivity contribution in [2.75, 3.05) is 17.7 Å². The van der Waals surface area contributed by atoms with Gasteiger partial charge in [0.1, 0.15) is 6.04 Å². The Labute approximate surface area is 218 Å². The molecule has 1 saturated heterocycles. The topological polar surface area (TPSA) is 131 Å². The highest BCUT2D eigenvalue weighted by Gasteiger charge is 2.36. The lowest BCUT2D eigenvalue weighted by atomic mass is 9.99. The van der Waals surface area contributed by atoms with Crippen LogP contribution in [0.1, 0.15) is 29.5 Å². The summed E-state index contributed by atoms with van der Waals surface area (Å²) < 4.78 is 4.84. The summed E-state index contributed by atoms with van der Waals surface area (Å²) in [5.74, 6) is -0.896. The number of anilines is 2. The fourth-order valence-electron chi connectivity index (χ4n) is 4.75. The summed E-state index contributed by atoms with van der Waals surface area (Å²) >= 11 is 0. The lowest BCUT2D eigenvalue weighted by Crippen LogP contribution is -2.38. The van der Waals surface area contributed by atoms with Crippen molar-refractivity contribution in [3.8, 4) is 0 Å². The first-order valence-electron chi connectivity index (χ1n) is 12.0. The highest BCUT2D eigenvalue weighted by molar-refractivity contribution is 6.37. The Hall–Kier alpha value is -4.99. The second kappa shape index (κ2) is 10.2. The zero-order valence-corrected chi connectivity index (χ0v) is 20.5. The molecule has 2 N–H and O–H groups in total. The number of carbonyl (C=O) groups excluding carboxylic acids is 3. The van der Waals surface area contributed by atoms with Crippen LogP contribution in [0.5, 0.6) is 0 Å². The molecule has 0 radical (unpaired) electrons. The van der Waals surface area contributed by atoms with Crippen LogP contribution in [-0.2, 0) is 25.7 Å². The van der Waals surface area contributed by atoms with Crippen molar-refractivity contribution in [3.63, 3.8) is 0 Å². The third-order valence-corrected chi connectivity index (χ3v) is 6.65. The molecule has 1 atom stereocenters. The number of hydrogen-bond donors (Lipinski definition) is 2. The number of esters is 1. The van der Waals surface area contributed by atoms with E-state index in [0.29, 0.717) is 41.1 Å². The van der Waals surface area contributed by atoms with E-state index in [1.165, 1.54) is 30.2 Å². The van der Waals surface area contributed by atoms with Crippen LogP contribution < -0.4 is 10.6 Å². The minimum atomic E-state index is -0.593. The lowest BCUT2D eigenvalue weighted by Gasteiger charge is -2.23. The number of benzene rings is 3. The van der Waals surface area contributed by atoms with Crippen molar-refractivity contribution in [1.29, 1.82) is 0 Å². The third-order valence-electron chi connectivity index (χ3n) is 6.65. The monoisotopic (exact) mass is 512 g/mol. The van der Waals surface area contributed by atoms with Crippen molar-refractivity contribution in [3.05, 3.63) is 99.6 Å². The first-order valence-corrected chi connectivity index (χ1v) is 12.0. The standard InChI is InChI=1S/C28H24N4O6/c1-38-28(35)23-13-14-24(33)31(23)16-17-7-9-19(10-8-17)29-26(18-5-3-2-4-6-18)25-21-15-20(32(36)37)11-12-22(21)30-27(25)34/h2-12,15,23,29H,13-14,16H2,1H3,(H,30,34)/b26-25-. The number of carbonyl (C=O) groups is 3. The van der Waals surface area contributed by atoms with Crippen molar-refractivity contribution >= 4 is 46.1 Å². The zero-order valence-electron chi connectivity index (χ0n) is 20.5. The number of non-ortho nitro benzene ring substituents is 1. The lowest BCUT2D eigenvalue weighted by molar-refractivity contribution is -0.384. The molecule has 0 bridgehead atoms. The molecular formula is C28H24N4O6. The molecule has 0 aliphatic carbocycles. The van der Waals surface area contributed by atoms with Crippen LogP contribution >= 0.6 is 0 Å². The Balaban J connectivity index is 1.47. The number of nitro groups is 1. The van der Waals surface area contributed by atoms with E-state index in [-0.39, 0.29) is 24.0 Å². The Morgan fingerprint density at radius 2 is 1.84 bits per heavy atom. The highest BCUT2D eigenvalue weighted by atomic mass is 16.6. The Bertz CT molecular complexity index is 1470. The fraction of sp³-hybridized carbons (Fsp3) is 0.179. The van der Waals surface area contributed by atoms with E-state index in [9.17, 15) is 24.5 Å². The third kappa shape index (κ3) is 4.71. The number of nitro benzene ring substituents is 1. The first kappa shape index (κ1) is 24.7. The van der Waals surface area contributed by atoms with Gasteiger partial charge in [-0.15, -0.1) is 0 Å². The average molecular weight is 513 g/mol. The van der Waals surface area contributed by atoms with Crippen molar-refractivity contribution in [1.82, 2.24) is 4.90 Å². The van der Waals surface area contributed by atoms with Gasteiger partial charge in [-0.3, -0.25) is 19.7 Å². The van der Waals surface area contributed by atoms with Crippen molar-refractivity contribution in [2.24, 2.45) is 0 Å². The van der Waals surface area contributed by atoms with Crippen LogP contribution in [0.3, 0.4) is 0 Å².